The largest absolute Gasteiger partial charge is 0.381 e. The third-order valence-corrected chi connectivity index (χ3v) is 5.18. The molecular weight excluding hydrogens is 252 g/mol. The number of nitrogens with zero attached hydrogens (tertiary/aromatic N) is 1. The Bertz CT molecular complexity index is 341. The zero-order chi connectivity index (χ0) is 14.8. The van der Waals surface area contributed by atoms with Crippen molar-refractivity contribution in [3.05, 3.63) is 0 Å². The minimum Gasteiger partial charge on any atom is -0.381 e. The van der Waals surface area contributed by atoms with Gasteiger partial charge < -0.3 is 9.64 Å². The fraction of sp³-hybridized carbons (Fsp3) is 0.938. The van der Waals surface area contributed by atoms with Gasteiger partial charge in [-0.15, -0.1) is 0 Å². The van der Waals surface area contributed by atoms with Crippen molar-refractivity contribution in [3.63, 3.8) is 0 Å². The minimum atomic E-state index is -0.376. The van der Waals surface area contributed by atoms with E-state index in [9.17, 15) is 4.79 Å². The SMILES string of the molecule is CCCC1NC(C)(CC)C(=O)N1C(C)C1CCOCC1. The van der Waals surface area contributed by atoms with Gasteiger partial charge in [0.15, 0.2) is 0 Å². The summed E-state index contributed by atoms with van der Waals surface area (Å²) >= 11 is 0. The van der Waals surface area contributed by atoms with Crippen LogP contribution in [0.5, 0.6) is 0 Å². The predicted molar refractivity (Wildman–Crippen MR) is 80.4 cm³/mol. The molecule has 2 fully saturated rings. The molecule has 2 aliphatic heterocycles. The van der Waals surface area contributed by atoms with Crippen LogP contribution in [0.25, 0.3) is 0 Å². The molecule has 1 amide bonds. The summed E-state index contributed by atoms with van der Waals surface area (Å²) in [4.78, 5) is 15.0. The third kappa shape index (κ3) is 2.86. The van der Waals surface area contributed by atoms with Crippen LogP contribution >= 0.6 is 0 Å². The zero-order valence-electron chi connectivity index (χ0n) is 13.4. The highest BCUT2D eigenvalue weighted by atomic mass is 16.5. The summed E-state index contributed by atoms with van der Waals surface area (Å²) in [6.45, 7) is 10.2. The molecular formula is C16H30N2O2. The lowest BCUT2D eigenvalue weighted by molar-refractivity contribution is -0.136. The quantitative estimate of drug-likeness (QED) is 0.842. The van der Waals surface area contributed by atoms with Crippen LogP contribution in [0.4, 0.5) is 0 Å². The van der Waals surface area contributed by atoms with Crippen LogP contribution in [0.2, 0.25) is 0 Å². The predicted octanol–water partition coefficient (Wildman–Crippen LogP) is 2.53. The lowest BCUT2D eigenvalue weighted by atomic mass is 9.90. The van der Waals surface area contributed by atoms with Gasteiger partial charge >= 0.3 is 0 Å². The topological polar surface area (TPSA) is 41.6 Å². The number of carbonyl (C=O) groups excluding carboxylic acids is 1. The van der Waals surface area contributed by atoms with Crippen molar-refractivity contribution in [2.24, 2.45) is 5.92 Å². The van der Waals surface area contributed by atoms with E-state index in [-0.39, 0.29) is 17.6 Å². The molecule has 2 rings (SSSR count). The molecule has 3 unspecified atom stereocenters. The maximum absolute atomic E-state index is 12.9. The first kappa shape index (κ1) is 15.8. The van der Waals surface area contributed by atoms with Crippen LogP contribution in [0.1, 0.15) is 59.8 Å². The van der Waals surface area contributed by atoms with Crippen molar-refractivity contribution in [1.29, 1.82) is 0 Å². The first-order chi connectivity index (χ1) is 9.53. The van der Waals surface area contributed by atoms with E-state index in [1.165, 1.54) is 0 Å². The van der Waals surface area contributed by atoms with Gasteiger partial charge in [0.05, 0.1) is 11.7 Å². The molecule has 0 aliphatic carbocycles. The van der Waals surface area contributed by atoms with Gasteiger partial charge in [-0.25, -0.2) is 0 Å². The fourth-order valence-electron chi connectivity index (χ4n) is 3.56. The summed E-state index contributed by atoms with van der Waals surface area (Å²) < 4.78 is 5.46. The van der Waals surface area contributed by atoms with Crippen LogP contribution in [-0.4, -0.2) is 41.8 Å². The average Bonchev–Trinajstić information content (AvgIpc) is 2.72. The van der Waals surface area contributed by atoms with Crippen molar-refractivity contribution in [1.82, 2.24) is 10.2 Å². The molecule has 3 atom stereocenters. The molecule has 4 heteroatoms. The molecule has 116 valence electrons. The highest BCUT2D eigenvalue weighted by Gasteiger charge is 2.48. The first-order valence-electron chi connectivity index (χ1n) is 8.21. The van der Waals surface area contributed by atoms with E-state index in [0.717, 1.165) is 45.3 Å². The second-order valence-corrected chi connectivity index (χ2v) is 6.54. The zero-order valence-corrected chi connectivity index (χ0v) is 13.4. The van der Waals surface area contributed by atoms with Gasteiger partial charge in [-0.1, -0.05) is 20.3 Å². The smallest absolute Gasteiger partial charge is 0.244 e. The standard InChI is InChI=1S/C16H30N2O2/c1-5-7-14-17-16(4,6-2)15(19)18(14)12(3)13-8-10-20-11-9-13/h12-14,17H,5-11H2,1-4H3. The van der Waals surface area contributed by atoms with Crippen LogP contribution < -0.4 is 5.32 Å². The molecule has 0 radical (unpaired) electrons. The van der Waals surface area contributed by atoms with E-state index in [1.54, 1.807) is 0 Å². The van der Waals surface area contributed by atoms with E-state index in [4.69, 9.17) is 4.74 Å². The van der Waals surface area contributed by atoms with Crippen molar-refractivity contribution in [2.45, 2.75) is 77.5 Å². The average molecular weight is 282 g/mol. The van der Waals surface area contributed by atoms with Gasteiger partial charge in [0.2, 0.25) is 5.91 Å². The summed E-state index contributed by atoms with van der Waals surface area (Å²) in [5, 5.41) is 3.58. The number of amides is 1. The Balaban J connectivity index is 2.14. The van der Waals surface area contributed by atoms with E-state index >= 15 is 0 Å². The Morgan fingerprint density at radius 2 is 2.05 bits per heavy atom. The molecule has 2 heterocycles. The van der Waals surface area contributed by atoms with Crippen LogP contribution in [-0.2, 0) is 9.53 Å². The normalized spacial score (nSPS) is 33.7. The highest BCUT2D eigenvalue weighted by Crippen LogP contribution is 2.32. The summed E-state index contributed by atoms with van der Waals surface area (Å²) in [5.41, 5.74) is -0.376. The van der Waals surface area contributed by atoms with Crippen molar-refractivity contribution in [3.8, 4) is 0 Å². The second kappa shape index (κ2) is 6.44. The molecule has 0 aromatic rings. The molecule has 1 N–H and O–H groups in total. The first-order valence-corrected chi connectivity index (χ1v) is 8.21. The van der Waals surface area contributed by atoms with Crippen molar-refractivity contribution >= 4 is 5.91 Å². The van der Waals surface area contributed by atoms with Gasteiger partial charge in [-0.2, -0.15) is 0 Å². The number of hydrogen-bond donors (Lipinski definition) is 1. The third-order valence-electron chi connectivity index (χ3n) is 5.18. The monoisotopic (exact) mass is 282 g/mol. The Kier molecular flexibility index (Phi) is 5.08. The number of ether oxygens (including phenoxy) is 1. The number of hydrogen-bond acceptors (Lipinski definition) is 3. The number of carbonyl (C=O) groups is 1. The molecule has 2 aliphatic rings. The second-order valence-electron chi connectivity index (χ2n) is 6.54. The highest BCUT2D eigenvalue weighted by molar-refractivity contribution is 5.88. The van der Waals surface area contributed by atoms with Crippen LogP contribution in [0.3, 0.4) is 0 Å². The van der Waals surface area contributed by atoms with E-state index in [1.807, 2.05) is 0 Å². The molecule has 0 bridgehead atoms. The summed E-state index contributed by atoms with van der Waals surface area (Å²) in [6.07, 6.45) is 5.34. The Labute approximate surface area is 123 Å². The Hall–Kier alpha value is -0.610. The molecule has 0 spiro atoms. The molecule has 0 aromatic carbocycles. The summed E-state index contributed by atoms with van der Waals surface area (Å²) in [6, 6.07) is 0.309. The Morgan fingerprint density at radius 3 is 2.60 bits per heavy atom. The van der Waals surface area contributed by atoms with Crippen molar-refractivity contribution in [2.75, 3.05) is 13.2 Å². The lowest BCUT2D eigenvalue weighted by Gasteiger charge is -2.37. The van der Waals surface area contributed by atoms with E-state index in [2.05, 4.69) is 37.9 Å². The summed E-state index contributed by atoms with van der Waals surface area (Å²) in [7, 11) is 0. The number of nitrogens with one attached hydrogen (secondary N) is 1. The van der Waals surface area contributed by atoms with Crippen LogP contribution in [0, 0.1) is 5.92 Å². The molecule has 0 aromatic heterocycles. The van der Waals surface area contributed by atoms with Gasteiger partial charge in [0, 0.05) is 19.3 Å². The Morgan fingerprint density at radius 1 is 1.40 bits per heavy atom. The van der Waals surface area contributed by atoms with Gasteiger partial charge in [-0.05, 0) is 45.4 Å². The molecule has 2 saturated heterocycles. The van der Waals surface area contributed by atoms with Crippen molar-refractivity contribution < 1.29 is 9.53 Å². The van der Waals surface area contributed by atoms with E-state index in [0.29, 0.717) is 12.0 Å². The molecule has 20 heavy (non-hydrogen) atoms. The van der Waals surface area contributed by atoms with Gasteiger partial charge in [-0.3, -0.25) is 10.1 Å². The lowest BCUT2D eigenvalue weighted by Crippen LogP contribution is -2.48. The van der Waals surface area contributed by atoms with Gasteiger partial charge in [0.25, 0.3) is 0 Å². The van der Waals surface area contributed by atoms with Gasteiger partial charge in [0.1, 0.15) is 0 Å². The molecule has 4 nitrogen and oxygen atoms in total. The minimum absolute atomic E-state index is 0.204. The van der Waals surface area contributed by atoms with Crippen LogP contribution in [0.15, 0.2) is 0 Å². The molecule has 0 saturated carbocycles. The number of rotatable bonds is 5. The maximum Gasteiger partial charge on any atom is 0.244 e. The van der Waals surface area contributed by atoms with E-state index < -0.39 is 0 Å². The fourth-order valence-corrected chi connectivity index (χ4v) is 3.56. The summed E-state index contributed by atoms with van der Waals surface area (Å²) in [5.74, 6) is 0.866. The maximum atomic E-state index is 12.9.